The van der Waals surface area contributed by atoms with E-state index < -0.39 is 0 Å². The van der Waals surface area contributed by atoms with Gasteiger partial charge in [-0.2, -0.15) is 0 Å². The number of hydrogen-bond donors (Lipinski definition) is 1. The molecule has 17 heavy (non-hydrogen) atoms. The van der Waals surface area contributed by atoms with E-state index in [1.54, 1.807) is 6.92 Å². The third kappa shape index (κ3) is 4.65. The Kier molecular flexibility index (Phi) is 5.84. The fourth-order valence-electron chi connectivity index (χ4n) is 1.63. The Balaban J connectivity index is 2.77. The highest BCUT2D eigenvalue weighted by molar-refractivity contribution is 5.43. The van der Waals surface area contributed by atoms with Crippen molar-refractivity contribution in [2.24, 2.45) is 0 Å². The van der Waals surface area contributed by atoms with Gasteiger partial charge in [-0.3, -0.25) is 0 Å². The zero-order valence-corrected chi connectivity index (χ0v) is 10.9. The number of aryl methyl sites for hydroxylation is 1. The summed E-state index contributed by atoms with van der Waals surface area (Å²) in [4.78, 5) is 0. The van der Waals surface area contributed by atoms with Crippen LogP contribution in [-0.4, -0.2) is 24.4 Å². The van der Waals surface area contributed by atoms with Crippen LogP contribution in [0.2, 0.25) is 0 Å². The Hall–Kier alpha value is -1.22. The van der Waals surface area contributed by atoms with Crippen LogP contribution in [0.4, 0.5) is 0 Å². The van der Waals surface area contributed by atoms with Crippen LogP contribution in [0.5, 0.6) is 11.5 Å². The van der Waals surface area contributed by atoms with Crippen LogP contribution in [0, 0.1) is 0 Å². The number of ether oxygens (including phenoxy) is 2. The van der Waals surface area contributed by atoms with Gasteiger partial charge in [0.05, 0.1) is 19.3 Å². The lowest BCUT2D eigenvalue weighted by atomic mass is 10.1. The third-order valence-corrected chi connectivity index (χ3v) is 2.46. The van der Waals surface area contributed by atoms with Gasteiger partial charge in [0.25, 0.3) is 0 Å². The number of hydrogen-bond acceptors (Lipinski definition) is 3. The summed E-state index contributed by atoms with van der Waals surface area (Å²) in [7, 11) is 0. The van der Waals surface area contributed by atoms with E-state index in [9.17, 15) is 5.11 Å². The second-order valence-corrected chi connectivity index (χ2v) is 4.03. The van der Waals surface area contributed by atoms with Crippen LogP contribution in [0.3, 0.4) is 0 Å². The molecule has 1 atom stereocenters. The Morgan fingerprint density at radius 1 is 1.12 bits per heavy atom. The monoisotopic (exact) mass is 238 g/mol. The Morgan fingerprint density at radius 2 is 1.76 bits per heavy atom. The Labute approximate surface area is 103 Å². The van der Waals surface area contributed by atoms with Gasteiger partial charge in [-0.25, -0.2) is 0 Å². The van der Waals surface area contributed by atoms with Crippen molar-refractivity contribution in [2.45, 2.75) is 39.7 Å². The number of benzene rings is 1. The van der Waals surface area contributed by atoms with E-state index in [-0.39, 0.29) is 6.10 Å². The highest BCUT2D eigenvalue weighted by Gasteiger charge is 2.06. The molecular weight excluding hydrogens is 216 g/mol. The number of aliphatic hydroxyl groups excluding tert-OH is 1. The summed E-state index contributed by atoms with van der Waals surface area (Å²) in [6.07, 6.45) is 1.35. The van der Waals surface area contributed by atoms with Crippen molar-refractivity contribution in [1.82, 2.24) is 0 Å². The molecule has 0 aromatic heterocycles. The van der Waals surface area contributed by atoms with Crippen LogP contribution in [0.25, 0.3) is 0 Å². The maximum Gasteiger partial charge on any atom is 0.161 e. The molecule has 1 unspecified atom stereocenters. The zero-order chi connectivity index (χ0) is 12.7. The fraction of sp³-hybridized carbons (Fsp3) is 0.571. The maximum absolute atomic E-state index is 9.27. The van der Waals surface area contributed by atoms with E-state index in [1.165, 1.54) is 0 Å². The first-order valence-corrected chi connectivity index (χ1v) is 6.24. The van der Waals surface area contributed by atoms with Crippen LogP contribution in [0.1, 0.15) is 32.8 Å². The average Bonchev–Trinajstić information content (AvgIpc) is 2.30. The molecule has 0 fully saturated rings. The minimum Gasteiger partial charge on any atom is -0.490 e. The summed E-state index contributed by atoms with van der Waals surface area (Å²) in [5.74, 6) is 1.58. The van der Waals surface area contributed by atoms with E-state index in [0.717, 1.165) is 29.9 Å². The van der Waals surface area contributed by atoms with Gasteiger partial charge in [-0.1, -0.05) is 6.07 Å². The lowest BCUT2D eigenvalue weighted by Gasteiger charge is -2.12. The first-order valence-electron chi connectivity index (χ1n) is 6.24. The average molecular weight is 238 g/mol. The predicted molar refractivity (Wildman–Crippen MR) is 68.8 cm³/mol. The van der Waals surface area contributed by atoms with Crippen LogP contribution < -0.4 is 9.47 Å². The molecule has 1 N–H and O–H groups in total. The molecule has 0 radical (unpaired) electrons. The van der Waals surface area contributed by atoms with E-state index in [2.05, 4.69) is 0 Å². The molecule has 96 valence electrons. The molecule has 0 aliphatic carbocycles. The predicted octanol–water partition coefficient (Wildman–Crippen LogP) is 2.80. The molecule has 1 rings (SSSR count). The first kappa shape index (κ1) is 13.8. The third-order valence-electron chi connectivity index (χ3n) is 2.46. The van der Waals surface area contributed by atoms with Crippen LogP contribution >= 0.6 is 0 Å². The molecule has 3 heteroatoms. The zero-order valence-electron chi connectivity index (χ0n) is 10.9. The van der Waals surface area contributed by atoms with Gasteiger partial charge in [0.2, 0.25) is 0 Å². The van der Waals surface area contributed by atoms with Gasteiger partial charge in [0.1, 0.15) is 0 Å². The SMILES string of the molecule is CCOc1ccc(CCC(C)O)cc1OCC. The number of aliphatic hydroxyl groups is 1. The maximum atomic E-state index is 9.27. The molecule has 0 saturated heterocycles. The van der Waals surface area contributed by atoms with E-state index >= 15 is 0 Å². The highest BCUT2D eigenvalue weighted by atomic mass is 16.5. The minimum absolute atomic E-state index is 0.267. The van der Waals surface area contributed by atoms with Crippen molar-refractivity contribution in [3.63, 3.8) is 0 Å². The molecular formula is C14H22O3. The van der Waals surface area contributed by atoms with Crippen molar-refractivity contribution >= 4 is 0 Å². The Bertz CT molecular complexity index is 334. The summed E-state index contributed by atoms with van der Waals surface area (Å²) in [5.41, 5.74) is 1.16. The van der Waals surface area contributed by atoms with Gasteiger partial charge in [-0.05, 0) is 51.3 Å². The minimum atomic E-state index is -0.267. The van der Waals surface area contributed by atoms with E-state index in [1.807, 2.05) is 32.0 Å². The standard InChI is InChI=1S/C14H22O3/c1-4-16-13-9-8-12(7-6-11(3)15)10-14(13)17-5-2/h8-11,15H,4-7H2,1-3H3. The van der Waals surface area contributed by atoms with E-state index in [4.69, 9.17) is 9.47 Å². The van der Waals surface area contributed by atoms with Gasteiger partial charge < -0.3 is 14.6 Å². The number of rotatable bonds is 7. The second kappa shape index (κ2) is 7.17. The molecule has 3 nitrogen and oxygen atoms in total. The molecule has 0 aliphatic rings. The molecule has 0 saturated carbocycles. The smallest absolute Gasteiger partial charge is 0.161 e. The Morgan fingerprint density at radius 3 is 2.35 bits per heavy atom. The van der Waals surface area contributed by atoms with Crippen molar-refractivity contribution in [3.05, 3.63) is 23.8 Å². The lowest BCUT2D eigenvalue weighted by molar-refractivity contribution is 0.185. The molecule has 1 aromatic rings. The van der Waals surface area contributed by atoms with Gasteiger partial charge in [0.15, 0.2) is 11.5 Å². The molecule has 0 bridgehead atoms. The summed E-state index contributed by atoms with van der Waals surface area (Å²) in [5, 5.41) is 9.27. The highest BCUT2D eigenvalue weighted by Crippen LogP contribution is 2.29. The molecule has 1 aromatic carbocycles. The van der Waals surface area contributed by atoms with E-state index in [0.29, 0.717) is 13.2 Å². The quantitative estimate of drug-likeness (QED) is 0.794. The van der Waals surface area contributed by atoms with Crippen molar-refractivity contribution < 1.29 is 14.6 Å². The molecule has 0 aliphatic heterocycles. The summed E-state index contributed by atoms with van der Waals surface area (Å²) < 4.78 is 11.0. The second-order valence-electron chi connectivity index (χ2n) is 4.03. The molecule has 0 spiro atoms. The summed E-state index contributed by atoms with van der Waals surface area (Å²) in [6, 6.07) is 5.96. The van der Waals surface area contributed by atoms with Gasteiger partial charge in [-0.15, -0.1) is 0 Å². The lowest BCUT2D eigenvalue weighted by Crippen LogP contribution is -2.03. The topological polar surface area (TPSA) is 38.7 Å². The van der Waals surface area contributed by atoms with Gasteiger partial charge in [0, 0.05) is 0 Å². The summed E-state index contributed by atoms with van der Waals surface area (Å²) in [6.45, 7) is 6.97. The largest absolute Gasteiger partial charge is 0.490 e. The van der Waals surface area contributed by atoms with Crippen molar-refractivity contribution in [3.8, 4) is 11.5 Å². The normalized spacial score (nSPS) is 12.2. The van der Waals surface area contributed by atoms with Crippen molar-refractivity contribution in [2.75, 3.05) is 13.2 Å². The fourth-order valence-corrected chi connectivity index (χ4v) is 1.63. The summed E-state index contributed by atoms with van der Waals surface area (Å²) >= 11 is 0. The van der Waals surface area contributed by atoms with Gasteiger partial charge >= 0.3 is 0 Å². The first-order chi connectivity index (χ1) is 8.17. The van der Waals surface area contributed by atoms with Crippen LogP contribution in [0.15, 0.2) is 18.2 Å². The molecule has 0 amide bonds. The van der Waals surface area contributed by atoms with Crippen LogP contribution in [-0.2, 0) is 6.42 Å². The molecule has 0 heterocycles. The van der Waals surface area contributed by atoms with Crippen molar-refractivity contribution in [1.29, 1.82) is 0 Å².